The van der Waals surface area contributed by atoms with Crippen LogP contribution < -0.4 is 0 Å². The zero-order chi connectivity index (χ0) is 20.0. The molecule has 0 saturated heterocycles. The molecule has 0 radical (unpaired) electrons. The Morgan fingerprint density at radius 1 is 0.714 bits per heavy atom. The van der Waals surface area contributed by atoms with Crippen LogP contribution in [0.5, 0.6) is 0 Å². The third-order valence-corrected chi connectivity index (χ3v) is 10.6. The molecule has 1 saturated carbocycles. The van der Waals surface area contributed by atoms with Gasteiger partial charge in [-0.05, 0) is 48.4 Å². The Balaban J connectivity index is 1.90. The molecule has 0 amide bonds. The van der Waals surface area contributed by atoms with E-state index in [1.54, 1.807) is 60.7 Å². The molecule has 0 unspecified atom stereocenters. The van der Waals surface area contributed by atoms with E-state index >= 15 is 0 Å². The van der Waals surface area contributed by atoms with E-state index in [4.69, 9.17) is 0 Å². The minimum Gasteiger partial charge on any atom is -0.223 e. The number of hydrogen-bond acceptors (Lipinski definition) is 4. The van der Waals surface area contributed by atoms with Crippen molar-refractivity contribution in [2.75, 3.05) is 0 Å². The normalized spacial score (nSPS) is 22.0. The van der Waals surface area contributed by atoms with Gasteiger partial charge in [0.2, 0.25) is 0 Å². The molecule has 28 heavy (non-hydrogen) atoms. The summed E-state index contributed by atoms with van der Waals surface area (Å²) in [5, 5.41) is -1.03. The molecule has 2 atom stereocenters. The lowest BCUT2D eigenvalue weighted by Crippen LogP contribution is -2.29. The lowest BCUT2D eigenvalue weighted by molar-refractivity contribution is 0.573. The van der Waals surface area contributed by atoms with Gasteiger partial charge in [0, 0.05) is 4.47 Å². The van der Waals surface area contributed by atoms with Crippen LogP contribution in [0.15, 0.2) is 99.2 Å². The molecule has 144 valence electrons. The van der Waals surface area contributed by atoms with E-state index in [-0.39, 0.29) is 16.2 Å². The highest BCUT2D eigenvalue weighted by Gasteiger charge is 2.70. The van der Waals surface area contributed by atoms with Gasteiger partial charge in [-0.15, -0.1) is 0 Å². The lowest BCUT2D eigenvalue weighted by atomic mass is 10.1. The lowest BCUT2D eigenvalue weighted by Gasteiger charge is -2.19. The number of rotatable bonds is 5. The second kappa shape index (κ2) is 6.83. The second-order valence-electron chi connectivity index (χ2n) is 6.76. The van der Waals surface area contributed by atoms with Crippen LogP contribution in [0, 0.1) is 0 Å². The molecule has 0 bridgehead atoms. The second-order valence-corrected chi connectivity index (χ2v) is 12.0. The molecule has 1 aliphatic carbocycles. The van der Waals surface area contributed by atoms with E-state index in [2.05, 4.69) is 15.9 Å². The van der Waals surface area contributed by atoms with Gasteiger partial charge in [0.15, 0.2) is 19.7 Å². The van der Waals surface area contributed by atoms with Crippen molar-refractivity contribution >= 4 is 35.6 Å². The summed E-state index contributed by atoms with van der Waals surface area (Å²) in [5.41, 5.74) is 0.490. The van der Waals surface area contributed by atoms with Crippen molar-refractivity contribution < 1.29 is 16.8 Å². The standard InChI is InChI=1S/C21H17BrO4S2/c22-17-13-11-16(12-14-17)21(28(25,26)19-9-5-2-6-10-19)15-20(21)27(23,24)18-7-3-1-4-8-18/h1-14,20H,15H2/t20-,21+/m0/s1. The van der Waals surface area contributed by atoms with Crippen LogP contribution in [0.2, 0.25) is 0 Å². The molecule has 1 aliphatic rings. The zero-order valence-corrected chi connectivity index (χ0v) is 17.9. The van der Waals surface area contributed by atoms with E-state index in [1.165, 1.54) is 24.3 Å². The van der Waals surface area contributed by atoms with Crippen LogP contribution in [0.1, 0.15) is 12.0 Å². The third-order valence-electron chi connectivity index (χ3n) is 5.16. The highest BCUT2D eigenvalue weighted by Crippen LogP contribution is 2.59. The number of sulfone groups is 2. The summed E-state index contributed by atoms with van der Waals surface area (Å²) in [7, 11) is -7.74. The van der Waals surface area contributed by atoms with Crippen LogP contribution in [0.25, 0.3) is 0 Å². The summed E-state index contributed by atoms with van der Waals surface area (Å²) >= 11 is 3.35. The highest BCUT2D eigenvalue weighted by molar-refractivity contribution is 9.10. The fourth-order valence-corrected chi connectivity index (χ4v) is 8.86. The summed E-state index contributed by atoms with van der Waals surface area (Å²) in [6.07, 6.45) is 0.0308. The number of hydrogen-bond donors (Lipinski definition) is 0. The Labute approximate surface area is 173 Å². The monoisotopic (exact) mass is 476 g/mol. The fraction of sp³-hybridized carbons (Fsp3) is 0.143. The third kappa shape index (κ3) is 2.93. The Kier molecular flexibility index (Phi) is 4.72. The van der Waals surface area contributed by atoms with Crippen LogP contribution in [0.4, 0.5) is 0 Å². The highest BCUT2D eigenvalue weighted by atomic mass is 79.9. The summed E-state index contributed by atoms with van der Waals surface area (Å²) in [5.74, 6) is 0. The Bertz CT molecular complexity index is 1210. The Morgan fingerprint density at radius 3 is 1.75 bits per heavy atom. The van der Waals surface area contributed by atoms with Crippen LogP contribution in [-0.4, -0.2) is 22.1 Å². The van der Waals surface area contributed by atoms with Gasteiger partial charge >= 0.3 is 0 Å². The van der Waals surface area contributed by atoms with E-state index in [1.807, 2.05) is 0 Å². The van der Waals surface area contributed by atoms with Gasteiger partial charge in [-0.1, -0.05) is 64.5 Å². The Hall–Kier alpha value is -1.96. The van der Waals surface area contributed by atoms with Gasteiger partial charge in [0.1, 0.15) is 4.75 Å². The largest absolute Gasteiger partial charge is 0.223 e. The smallest absolute Gasteiger partial charge is 0.189 e. The first kappa shape index (κ1) is 19.4. The maximum atomic E-state index is 13.6. The molecular weight excluding hydrogens is 460 g/mol. The van der Waals surface area contributed by atoms with Crippen LogP contribution >= 0.6 is 15.9 Å². The molecule has 3 aromatic rings. The van der Waals surface area contributed by atoms with Gasteiger partial charge < -0.3 is 0 Å². The topological polar surface area (TPSA) is 68.3 Å². The molecule has 7 heteroatoms. The first-order valence-electron chi connectivity index (χ1n) is 8.65. The molecule has 0 aliphatic heterocycles. The van der Waals surface area contributed by atoms with Crippen molar-refractivity contribution in [1.29, 1.82) is 0 Å². The molecule has 0 N–H and O–H groups in total. The first-order valence-corrected chi connectivity index (χ1v) is 12.5. The van der Waals surface area contributed by atoms with Crippen LogP contribution in [0.3, 0.4) is 0 Å². The van der Waals surface area contributed by atoms with Crippen molar-refractivity contribution in [2.24, 2.45) is 0 Å². The minimum absolute atomic E-state index is 0.0308. The van der Waals surface area contributed by atoms with Crippen molar-refractivity contribution in [3.63, 3.8) is 0 Å². The molecular formula is C21H17BrO4S2. The number of halogens is 1. The predicted molar refractivity (Wildman–Crippen MR) is 111 cm³/mol. The molecule has 4 rings (SSSR count). The van der Waals surface area contributed by atoms with Gasteiger partial charge in [0.25, 0.3) is 0 Å². The van der Waals surface area contributed by atoms with Crippen molar-refractivity contribution in [1.82, 2.24) is 0 Å². The average Bonchev–Trinajstić information content (AvgIpc) is 3.48. The van der Waals surface area contributed by atoms with Gasteiger partial charge in [0.05, 0.1) is 15.0 Å². The predicted octanol–water partition coefficient (Wildman–Crippen LogP) is 4.36. The summed E-state index contributed by atoms with van der Waals surface area (Å²) in [6, 6.07) is 22.9. The molecule has 1 fully saturated rings. The van der Waals surface area contributed by atoms with Crippen molar-refractivity contribution in [2.45, 2.75) is 26.2 Å². The number of benzene rings is 3. The molecule has 0 heterocycles. The van der Waals surface area contributed by atoms with E-state index < -0.39 is 29.7 Å². The van der Waals surface area contributed by atoms with Gasteiger partial charge in [-0.2, -0.15) is 0 Å². The quantitative estimate of drug-likeness (QED) is 0.548. The maximum absolute atomic E-state index is 13.6. The molecule has 3 aromatic carbocycles. The van der Waals surface area contributed by atoms with E-state index in [0.29, 0.717) is 5.56 Å². The fourth-order valence-electron chi connectivity index (χ4n) is 3.63. The summed E-state index contributed by atoms with van der Waals surface area (Å²) in [4.78, 5) is 0.269. The molecule has 0 aromatic heterocycles. The maximum Gasteiger partial charge on any atom is 0.189 e. The van der Waals surface area contributed by atoms with Crippen LogP contribution in [-0.2, 0) is 24.4 Å². The van der Waals surface area contributed by atoms with Crippen molar-refractivity contribution in [3.8, 4) is 0 Å². The molecule has 0 spiro atoms. The molecule has 4 nitrogen and oxygen atoms in total. The SMILES string of the molecule is O=S(=O)(c1ccccc1)[C@H]1C[C@]1(c1ccc(Br)cc1)S(=O)(=O)c1ccccc1. The van der Waals surface area contributed by atoms with Gasteiger partial charge in [-0.3, -0.25) is 0 Å². The zero-order valence-electron chi connectivity index (χ0n) is 14.7. The Morgan fingerprint density at radius 2 is 1.21 bits per heavy atom. The minimum atomic E-state index is -3.93. The first-order chi connectivity index (χ1) is 13.3. The van der Waals surface area contributed by atoms with Crippen molar-refractivity contribution in [3.05, 3.63) is 95.0 Å². The van der Waals surface area contributed by atoms with E-state index in [9.17, 15) is 16.8 Å². The average molecular weight is 477 g/mol. The van der Waals surface area contributed by atoms with E-state index in [0.717, 1.165) is 4.47 Å². The summed E-state index contributed by atoms with van der Waals surface area (Å²) in [6.45, 7) is 0. The van der Waals surface area contributed by atoms with Gasteiger partial charge in [-0.25, -0.2) is 16.8 Å². The summed E-state index contributed by atoms with van der Waals surface area (Å²) < 4.78 is 53.0.